The number of benzene rings is 1. The standard InChI is InChI=1S/C9H10N2O/c1-7-10(2)8-5-3-4-6-9(8)11(7)12/h3-6H,1-2H3. The second-order valence-electron chi connectivity index (χ2n) is 2.89. The molecule has 0 saturated heterocycles. The van der Waals surface area contributed by atoms with Gasteiger partial charge in [0.25, 0.3) is 5.82 Å². The lowest BCUT2D eigenvalue weighted by atomic mass is 10.3. The molecule has 0 N–H and O–H groups in total. The zero-order valence-corrected chi connectivity index (χ0v) is 7.11. The van der Waals surface area contributed by atoms with E-state index in [1.54, 1.807) is 0 Å². The predicted molar refractivity (Wildman–Crippen MR) is 46.6 cm³/mol. The smallest absolute Gasteiger partial charge is 0.257 e. The highest BCUT2D eigenvalue weighted by atomic mass is 16.5. The van der Waals surface area contributed by atoms with Crippen molar-refractivity contribution in [1.29, 1.82) is 0 Å². The van der Waals surface area contributed by atoms with Crippen molar-refractivity contribution in [3.63, 3.8) is 0 Å². The van der Waals surface area contributed by atoms with E-state index in [4.69, 9.17) is 0 Å². The molecule has 0 bridgehead atoms. The van der Waals surface area contributed by atoms with Crippen molar-refractivity contribution < 1.29 is 4.73 Å². The summed E-state index contributed by atoms with van der Waals surface area (Å²) in [7, 11) is 1.89. The number of para-hydroxylation sites is 2. The maximum absolute atomic E-state index is 11.4. The second-order valence-corrected chi connectivity index (χ2v) is 2.89. The fourth-order valence-electron chi connectivity index (χ4n) is 1.40. The molecule has 0 aliphatic heterocycles. The molecule has 3 heteroatoms. The van der Waals surface area contributed by atoms with Crippen LogP contribution in [0.2, 0.25) is 0 Å². The van der Waals surface area contributed by atoms with Crippen LogP contribution >= 0.6 is 0 Å². The number of fused-ring (bicyclic) bond motifs is 1. The number of imidazole rings is 1. The quantitative estimate of drug-likeness (QED) is 0.422. The first kappa shape index (κ1) is 7.16. The van der Waals surface area contributed by atoms with E-state index in [-0.39, 0.29) is 0 Å². The van der Waals surface area contributed by atoms with Gasteiger partial charge in [0.05, 0.1) is 7.05 Å². The SMILES string of the molecule is Cc1n(C)c2ccccc2[n+]1[O-]. The average Bonchev–Trinajstić information content (AvgIpc) is 2.33. The normalized spacial score (nSPS) is 10.8. The molecule has 2 rings (SSSR count). The summed E-state index contributed by atoms with van der Waals surface area (Å²) in [6, 6.07) is 7.57. The Labute approximate surface area is 70.4 Å². The Kier molecular flexibility index (Phi) is 1.33. The fraction of sp³-hybridized carbons (Fsp3) is 0.222. The lowest BCUT2D eigenvalue weighted by Gasteiger charge is -1.97. The van der Waals surface area contributed by atoms with Crippen LogP contribution in [0.1, 0.15) is 5.82 Å². The Morgan fingerprint density at radius 1 is 1.33 bits per heavy atom. The van der Waals surface area contributed by atoms with E-state index in [0.717, 1.165) is 21.6 Å². The van der Waals surface area contributed by atoms with Gasteiger partial charge in [-0.3, -0.25) is 0 Å². The molecule has 1 heterocycles. The van der Waals surface area contributed by atoms with Crippen LogP contribution < -0.4 is 4.73 Å². The van der Waals surface area contributed by atoms with Crippen LogP contribution in [0.5, 0.6) is 0 Å². The molecule has 3 nitrogen and oxygen atoms in total. The van der Waals surface area contributed by atoms with Gasteiger partial charge in [-0.15, -0.1) is 0 Å². The maximum atomic E-state index is 11.4. The second kappa shape index (κ2) is 2.24. The van der Waals surface area contributed by atoms with Gasteiger partial charge in [-0.25, -0.2) is 9.30 Å². The molecule has 0 spiro atoms. The lowest BCUT2D eigenvalue weighted by Crippen LogP contribution is -2.28. The molecule has 2 aromatic rings. The van der Waals surface area contributed by atoms with Crippen molar-refractivity contribution >= 4 is 11.0 Å². The summed E-state index contributed by atoms with van der Waals surface area (Å²) in [6.45, 7) is 1.81. The Balaban J connectivity index is 2.99. The first-order valence-electron chi connectivity index (χ1n) is 3.85. The Bertz CT molecular complexity index is 392. The maximum Gasteiger partial charge on any atom is 0.257 e. The minimum Gasteiger partial charge on any atom is -0.710 e. The highest BCUT2D eigenvalue weighted by Crippen LogP contribution is 2.10. The third-order valence-electron chi connectivity index (χ3n) is 2.24. The van der Waals surface area contributed by atoms with Crippen molar-refractivity contribution in [2.75, 3.05) is 0 Å². The van der Waals surface area contributed by atoms with Gasteiger partial charge in [0, 0.05) is 6.92 Å². The summed E-state index contributed by atoms with van der Waals surface area (Å²) in [5, 5.41) is 11.4. The van der Waals surface area contributed by atoms with Crippen molar-refractivity contribution in [2.45, 2.75) is 6.92 Å². The van der Waals surface area contributed by atoms with Crippen molar-refractivity contribution in [2.24, 2.45) is 7.05 Å². The van der Waals surface area contributed by atoms with E-state index in [1.807, 2.05) is 42.8 Å². The van der Waals surface area contributed by atoms with Gasteiger partial charge in [-0.05, 0) is 12.1 Å². The summed E-state index contributed by atoms with van der Waals surface area (Å²) in [5.41, 5.74) is 1.71. The Morgan fingerprint density at radius 3 is 2.67 bits per heavy atom. The molecular formula is C9H10N2O. The van der Waals surface area contributed by atoms with Crippen LogP contribution in [0.25, 0.3) is 11.0 Å². The number of hydrogen-bond donors (Lipinski definition) is 0. The predicted octanol–water partition coefficient (Wildman–Crippen LogP) is 1.12. The van der Waals surface area contributed by atoms with Gasteiger partial charge >= 0.3 is 0 Å². The molecule has 0 unspecified atom stereocenters. The van der Waals surface area contributed by atoms with Crippen LogP contribution in [0.15, 0.2) is 24.3 Å². The number of aromatic nitrogens is 2. The third-order valence-corrected chi connectivity index (χ3v) is 2.24. The van der Waals surface area contributed by atoms with Gasteiger partial charge in [0.15, 0.2) is 11.0 Å². The van der Waals surface area contributed by atoms with E-state index in [0.29, 0.717) is 0 Å². The topological polar surface area (TPSA) is 31.9 Å². The lowest BCUT2D eigenvalue weighted by molar-refractivity contribution is -0.585. The third kappa shape index (κ3) is 0.733. The van der Waals surface area contributed by atoms with E-state index in [9.17, 15) is 5.21 Å². The van der Waals surface area contributed by atoms with Gasteiger partial charge in [-0.2, -0.15) is 0 Å². The minimum absolute atomic E-state index is 0.719. The molecule has 0 amide bonds. The number of rotatable bonds is 0. The molecule has 0 aliphatic rings. The van der Waals surface area contributed by atoms with Crippen molar-refractivity contribution in [1.82, 2.24) is 4.57 Å². The fourth-order valence-corrected chi connectivity index (χ4v) is 1.40. The summed E-state index contributed by atoms with van der Waals surface area (Å²) >= 11 is 0. The van der Waals surface area contributed by atoms with Gasteiger partial charge in [-0.1, -0.05) is 12.1 Å². The van der Waals surface area contributed by atoms with Crippen LogP contribution in [-0.4, -0.2) is 4.57 Å². The van der Waals surface area contributed by atoms with Crippen LogP contribution in [0.4, 0.5) is 0 Å². The zero-order chi connectivity index (χ0) is 8.72. The monoisotopic (exact) mass is 162 g/mol. The average molecular weight is 162 g/mol. The van der Waals surface area contributed by atoms with Crippen molar-refractivity contribution in [3.8, 4) is 0 Å². The molecule has 0 saturated carbocycles. The molecular weight excluding hydrogens is 152 g/mol. The van der Waals surface area contributed by atoms with Crippen molar-refractivity contribution in [3.05, 3.63) is 35.3 Å². The van der Waals surface area contributed by atoms with E-state index in [1.165, 1.54) is 0 Å². The summed E-state index contributed by atoms with van der Waals surface area (Å²) in [6.07, 6.45) is 0. The van der Waals surface area contributed by atoms with Gasteiger partial charge in [0.1, 0.15) is 0 Å². The first-order valence-corrected chi connectivity index (χ1v) is 3.85. The molecule has 1 aromatic carbocycles. The van der Waals surface area contributed by atoms with Crippen LogP contribution in [0.3, 0.4) is 0 Å². The highest BCUT2D eigenvalue weighted by molar-refractivity contribution is 5.72. The molecule has 0 aliphatic carbocycles. The molecule has 0 radical (unpaired) electrons. The number of nitrogens with zero attached hydrogens (tertiary/aromatic N) is 2. The molecule has 62 valence electrons. The summed E-state index contributed by atoms with van der Waals surface area (Å²) < 4.78 is 2.84. The van der Waals surface area contributed by atoms with E-state index >= 15 is 0 Å². The van der Waals surface area contributed by atoms with Gasteiger partial charge < -0.3 is 5.21 Å². The largest absolute Gasteiger partial charge is 0.710 e. The molecule has 0 fully saturated rings. The first-order chi connectivity index (χ1) is 5.72. The summed E-state index contributed by atoms with van der Waals surface area (Å²) in [4.78, 5) is 0. The zero-order valence-electron chi connectivity index (χ0n) is 7.11. The Hall–Kier alpha value is -1.51. The molecule has 1 aromatic heterocycles. The number of hydrogen-bond acceptors (Lipinski definition) is 1. The number of aryl methyl sites for hydroxylation is 1. The highest BCUT2D eigenvalue weighted by Gasteiger charge is 2.12. The minimum atomic E-state index is 0.719. The van der Waals surface area contributed by atoms with Crippen LogP contribution in [0, 0.1) is 12.1 Å². The van der Waals surface area contributed by atoms with Crippen LogP contribution in [-0.2, 0) is 7.05 Å². The molecule has 0 atom stereocenters. The summed E-state index contributed by atoms with van der Waals surface area (Å²) in [5.74, 6) is 0.719. The molecule has 12 heavy (non-hydrogen) atoms. The van der Waals surface area contributed by atoms with Gasteiger partial charge in [0.2, 0.25) is 0 Å². The van der Waals surface area contributed by atoms with E-state index in [2.05, 4.69) is 0 Å². The Morgan fingerprint density at radius 2 is 2.00 bits per heavy atom. The van der Waals surface area contributed by atoms with E-state index < -0.39 is 0 Å².